The average Bonchev–Trinajstić information content (AvgIpc) is 2.78. The Hall–Kier alpha value is -2.46. The molecule has 0 saturated carbocycles. The summed E-state index contributed by atoms with van der Waals surface area (Å²) in [7, 11) is 0. The molecule has 5 nitrogen and oxygen atoms in total. The van der Waals surface area contributed by atoms with E-state index in [4.69, 9.17) is 10.4 Å². The Balaban J connectivity index is 2.15. The number of benzene rings is 1. The van der Waals surface area contributed by atoms with Crippen LogP contribution in [0.4, 0.5) is 15.2 Å². The molecule has 1 heterocycles. The second kappa shape index (κ2) is 5.46. The van der Waals surface area contributed by atoms with Gasteiger partial charge in [-0.3, -0.25) is 4.79 Å². The summed E-state index contributed by atoms with van der Waals surface area (Å²) in [4.78, 5) is 14.5. The molecule has 0 atom stereocenters. The number of halogens is 1. The summed E-state index contributed by atoms with van der Waals surface area (Å²) in [6, 6.07) is 5.88. The van der Waals surface area contributed by atoms with Crippen molar-refractivity contribution in [3.63, 3.8) is 0 Å². The predicted octanol–water partition coefficient (Wildman–Crippen LogP) is 2.52. The summed E-state index contributed by atoms with van der Waals surface area (Å²) in [6.45, 7) is 0. The van der Waals surface area contributed by atoms with Gasteiger partial charge in [-0.15, -0.1) is 11.3 Å². The maximum absolute atomic E-state index is 13.6. The Morgan fingerprint density at radius 3 is 3.00 bits per heavy atom. The van der Waals surface area contributed by atoms with E-state index in [9.17, 15) is 9.18 Å². The van der Waals surface area contributed by atoms with Crippen LogP contribution in [0.2, 0.25) is 0 Å². The van der Waals surface area contributed by atoms with Crippen molar-refractivity contribution in [3.8, 4) is 6.07 Å². The Morgan fingerprint density at radius 2 is 2.37 bits per heavy atom. The molecule has 2 rings (SSSR count). The molecule has 2 N–H and O–H groups in total. The summed E-state index contributed by atoms with van der Waals surface area (Å²) >= 11 is 1.19. The summed E-state index contributed by atoms with van der Waals surface area (Å²) in [6.07, 6.45) is -0.173. The highest BCUT2D eigenvalue weighted by atomic mass is 32.1. The quantitative estimate of drug-likeness (QED) is 0.896. The van der Waals surface area contributed by atoms with Crippen molar-refractivity contribution < 1.29 is 14.3 Å². The molecule has 0 aliphatic carbocycles. The molecule has 1 aromatic heterocycles. The minimum atomic E-state index is -0.971. The standard InChI is InChI=1S/C12H8FN3O2S/c13-9-3-7(5-14)1-2-10(9)16-12-15-8(6-19-12)4-11(17)18/h1-3,6H,4H2,(H,15,16)(H,17,18). The molecular formula is C12H8FN3O2S. The summed E-state index contributed by atoms with van der Waals surface area (Å²) < 4.78 is 13.6. The first kappa shape index (κ1) is 13.0. The number of hydrogen-bond acceptors (Lipinski definition) is 5. The molecule has 19 heavy (non-hydrogen) atoms. The Morgan fingerprint density at radius 1 is 1.58 bits per heavy atom. The highest BCUT2D eigenvalue weighted by Crippen LogP contribution is 2.23. The zero-order chi connectivity index (χ0) is 13.8. The van der Waals surface area contributed by atoms with Crippen LogP contribution in [0.5, 0.6) is 0 Å². The van der Waals surface area contributed by atoms with Gasteiger partial charge < -0.3 is 10.4 Å². The lowest BCUT2D eigenvalue weighted by molar-refractivity contribution is -0.136. The van der Waals surface area contributed by atoms with Crippen molar-refractivity contribution in [1.82, 2.24) is 4.98 Å². The van der Waals surface area contributed by atoms with Crippen LogP contribution in [0.15, 0.2) is 23.6 Å². The minimum Gasteiger partial charge on any atom is -0.481 e. The molecule has 96 valence electrons. The number of nitrogens with one attached hydrogen (secondary N) is 1. The number of thiazole rings is 1. The lowest BCUT2D eigenvalue weighted by Gasteiger charge is -2.03. The fraction of sp³-hybridized carbons (Fsp3) is 0.0833. The largest absolute Gasteiger partial charge is 0.481 e. The molecule has 0 aliphatic heterocycles. The van der Waals surface area contributed by atoms with Crippen LogP contribution >= 0.6 is 11.3 Å². The van der Waals surface area contributed by atoms with E-state index >= 15 is 0 Å². The molecule has 0 bridgehead atoms. The van der Waals surface area contributed by atoms with E-state index in [1.165, 1.54) is 23.5 Å². The molecule has 1 aromatic carbocycles. The number of aliphatic carboxylic acids is 1. The molecule has 0 radical (unpaired) electrons. The van der Waals surface area contributed by atoms with Gasteiger partial charge in [0.15, 0.2) is 5.13 Å². The first-order valence-electron chi connectivity index (χ1n) is 5.21. The summed E-state index contributed by atoms with van der Waals surface area (Å²) in [5, 5.41) is 22.0. The zero-order valence-electron chi connectivity index (χ0n) is 9.55. The lowest BCUT2D eigenvalue weighted by Crippen LogP contribution is -2.00. The number of rotatable bonds is 4. The molecule has 2 aromatic rings. The van der Waals surface area contributed by atoms with E-state index in [1.54, 1.807) is 5.38 Å². The molecule has 7 heteroatoms. The SMILES string of the molecule is N#Cc1ccc(Nc2nc(CC(=O)O)cs2)c(F)c1. The monoisotopic (exact) mass is 277 g/mol. The third-order valence-electron chi connectivity index (χ3n) is 2.22. The Kier molecular flexibility index (Phi) is 3.73. The number of aromatic nitrogens is 1. The molecule has 0 spiro atoms. The van der Waals surface area contributed by atoms with Crippen LogP contribution in [0.1, 0.15) is 11.3 Å². The van der Waals surface area contributed by atoms with Gasteiger partial charge in [-0.1, -0.05) is 0 Å². The normalized spacial score (nSPS) is 9.89. The molecular weight excluding hydrogens is 269 g/mol. The highest BCUT2D eigenvalue weighted by molar-refractivity contribution is 7.13. The third kappa shape index (κ3) is 3.26. The minimum absolute atomic E-state index is 0.173. The fourth-order valence-electron chi connectivity index (χ4n) is 1.40. The number of carboxylic acid groups (broad SMARTS) is 1. The maximum atomic E-state index is 13.6. The fourth-order valence-corrected chi connectivity index (χ4v) is 2.12. The van der Waals surface area contributed by atoms with Crippen molar-refractivity contribution in [2.75, 3.05) is 5.32 Å². The van der Waals surface area contributed by atoms with Gasteiger partial charge in [-0.05, 0) is 18.2 Å². The third-order valence-corrected chi connectivity index (χ3v) is 3.03. The van der Waals surface area contributed by atoms with Crippen molar-refractivity contribution in [1.29, 1.82) is 5.26 Å². The van der Waals surface area contributed by atoms with E-state index in [-0.39, 0.29) is 17.7 Å². The number of anilines is 2. The van der Waals surface area contributed by atoms with Crippen LogP contribution < -0.4 is 5.32 Å². The molecule has 0 fully saturated rings. The van der Waals surface area contributed by atoms with E-state index in [2.05, 4.69) is 10.3 Å². The van der Waals surface area contributed by atoms with Crippen molar-refractivity contribution >= 4 is 28.1 Å². The van der Waals surface area contributed by atoms with E-state index in [0.29, 0.717) is 10.8 Å². The van der Waals surface area contributed by atoms with Crippen molar-refractivity contribution in [2.24, 2.45) is 0 Å². The average molecular weight is 277 g/mol. The van der Waals surface area contributed by atoms with Crippen LogP contribution in [-0.4, -0.2) is 16.1 Å². The van der Waals surface area contributed by atoms with Gasteiger partial charge in [0.2, 0.25) is 0 Å². The van der Waals surface area contributed by atoms with Gasteiger partial charge >= 0.3 is 5.97 Å². The van der Waals surface area contributed by atoms with Crippen LogP contribution in [0, 0.1) is 17.1 Å². The number of hydrogen-bond donors (Lipinski definition) is 2. The lowest BCUT2D eigenvalue weighted by atomic mass is 10.2. The molecule has 0 unspecified atom stereocenters. The van der Waals surface area contributed by atoms with E-state index in [1.807, 2.05) is 6.07 Å². The van der Waals surface area contributed by atoms with Gasteiger partial charge in [0.25, 0.3) is 0 Å². The van der Waals surface area contributed by atoms with Gasteiger partial charge in [-0.2, -0.15) is 5.26 Å². The second-order valence-corrected chi connectivity index (χ2v) is 4.50. The van der Waals surface area contributed by atoms with E-state index < -0.39 is 11.8 Å². The molecule has 0 amide bonds. The van der Waals surface area contributed by atoms with Crippen LogP contribution in [0.25, 0.3) is 0 Å². The smallest absolute Gasteiger partial charge is 0.309 e. The Labute approximate surface area is 112 Å². The number of nitrogens with zero attached hydrogens (tertiary/aromatic N) is 2. The number of carboxylic acids is 1. The Bertz CT molecular complexity index is 663. The van der Waals surface area contributed by atoms with Crippen molar-refractivity contribution in [2.45, 2.75) is 6.42 Å². The van der Waals surface area contributed by atoms with Gasteiger partial charge in [0.1, 0.15) is 5.82 Å². The maximum Gasteiger partial charge on any atom is 0.309 e. The van der Waals surface area contributed by atoms with Crippen LogP contribution in [0.3, 0.4) is 0 Å². The molecule has 0 aliphatic rings. The first-order chi connectivity index (χ1) is 9.08. The van der Waals surface area contributed by atoms with Gasteiger partial charge in [0.05, 0.1) is 29.4 Å². The van der Waals surface area contributed by atoms with Crippen LogP contribution in [-0.2, 0) is 11.2 Å². The van der Waals surface area contributed by atoms with E-state index in [0.717, 1.165) is 6.07 Å². The topological polar surface area (TPSA) is 86.0 Å². The van der Waals surface area contributed by atoms with Crippen molar-refractivity contribution in [3.05, 3.63) is 40.7 Å². The summed E-state index contributed by atoms with van der Waals surface area (Å²) in [5.74, 6) is -1.53. The highest BCUT2D eigenvalue weighted by Gasteiger charge is 2.08. The second-order valence-electron chi connectivity index (χ2n) is 3.65. The zero-order valence-corrected chi connectivity index (χ0v) is 10.4. The van der Waals surface area contributed by atoms with Gasteiger partial charge in [0, 0.05) is 5.38 Å². The molecule has 0 saturated heterocycles. The predicted molar refractivity (Wildman–Crippen MR) is 67.9 cm³/mol. The first-order valence-corrected chi connectivity index (χ1v) is 6.09. The number of nitriles is 1. The summed E-state index contributed by atoms with van der Waals surface area (Å²) in [5.41, 5.74) is 0.832. The number of carbonyl (C=O) groups is 1. The van der Waals surface area contributed by atoms with Gasteiger partial charge in [-0.25, -0.2) is 9.37 Å².